The smallest absolute Gasteiger partial charge is 0.254 e. The summed E-state index contributed by atoms with van der Waals surface area (Å²) in [7, 11) is 3.59. The van der Waals surface area contributed by atoms with Gasteiger partial charge >= 0.3 is 0 Å². The monoisotopic (exact) mass is 409 g/mol. The first-order valence-corrected chi connectivity index (χ1v) is 10.2. The van der Waals surface area contributed by atoms with Crippen LogP contribution < -0.4 is 21.3 Å². The Kier molecular flexibility index (Phi) is 5.43. The fourth-order valence-electron chi connectivity index (χ4n) is 3.65. The van der Waals surface area contributed by atoms with Crippen molar-refractivity contribution >= 4 is 35.0 Å². The third-order valence-electron chi connectivity index (χ3n) is 5.41. The molecule has 0 radical (unpaired) electrons. The van der Waals surface area contributed by atoms with Gasteiger partial charge < -0.3 is 26.2 Å². The second-order valence-electron chi connectivity index (χ2n) is 7.99. The molecule has 2 amide bonds. The summed E-state index contributed by atoms with van der Waals surface area (Å²) in [5, 5.41) is 6.39. The van der Waals surface area contributed by atoms with Gasteiger partial charge in [0.25, 0.3) is 5.91 Å². The van der Waals surface area contributed by atoms with Gasteiger partial charge in [-0.05, 0) is 49.9 Å². The summed E-state index contributed by atoms with van der Waals surface area (Å²) >= 11 is 0. The second kappa shape index (κ2) is 8.17. The molecule has 9 nitrogen and oxygen atoms in total. The van der Waals surface area contributed by atoms with E-state index in [0.29, 0.717) is 17.8 Å². The molecule has 1 aromatic heterocycles. The molecule has 1 saturated heterocycles. The molecule has 2 aromatic rings. The normalized spacial score (nSPS) is 18.2. The molecule has 2 heterocycles. The molecule has 1 aliphatic heterocycles. The van der Waals surface area contributed by atoms with Crippen LogP contribution in [-0.2, 0) is 4.79 Å². The Labute approximate surface area is 175 Å². The number of nitrogens with zero attached hydrogens (tertiary/aromatic N) is 4. The molecule has 1 aromatic carbocycles. The average Bonchev–Trinajstić information content (AvgIpc) is 3.40. The van der Waals surface area contributed by atoms with Gasteiger partial charge in [0, 0.05) is 44.3 Å². The van der Waals surface area contributed by atoms with Crippen molar-refractivity contribution in [1.29, 1.82) is 0 Å². The molecule has 1 atom stereocenters. The molecule has 1 unspecified atom stereocenters. The van der Waals surface area contributed by atoms with Crippen molar-refractivity contribution in [1.82, 2.24) is 14.9 Å². The van der Waals surface area contributed by atoms with Gasteiger partial charge in [0.2, 0.25) is 11.9 Å². The van der Waals surface area contributed by atoms with E-state index in [0.717, 1.165) is 43.6 Å². The van der Waals surface area contributed by atoms with Gasteiger partial charge in [-0.3, -0.25) is 9.59 Å². The van der Waals surface area contributed by atoms with Crippen LogP contribution in [0.5, 0.6) is 0 Å². The molecule has 9 heteroatoms. The summed E-state index contributed by atoms with van der Waals surface area (Å²) in [4.78, 5) is 36.5. The number of amides is 2. The molecule has 0 spiro atoms. The Bertz CT molecular complexity index is 941. The summed E-state index contributed by atoms with van der Waals surface area (Å²) in [6.45, 7) is 0.866. The Hall–Kier alpha value is -3.36. The SMILES string of the molecule is CN(C)C(=O)C1CCCN1c1ccc(Nc2ncc(C(N)=O)c(NC3CC3)n2)cc1. The number of aromatic nitrogens is 2. The van der Waals surface area contributed by atoms with Crippen molar-refractivity contribution in [3.8, 4) is 0 Å². The molecule has 158 valence electrons. The molecular formula is C21H27N7O2. The number of carbonyl (C=O) groups is 2. The van der Waals surface area contributed by atoms with E-state index in [1.54, 1.807) is 19.0 Å². The van der Waals surface area contributed by atoms with Gasteiger partial charge in [0.15, 0.2) is 0 Å². The number of carbonyl (C=O) groups excluding carboxylic acids is 2. The topological polar surface area (TPSA) is 116 Å². The molecule has 4 rings (SSSR count). The highest BCUT2D eigenvalue weighted by atomic mass is 16.2. The first-order chi connectivity index (χ1) is 14.4. The predicted molar refractivity (Wildman–Crippen MR) is 116 cm³/mol. The quantitative estimate of drug-likeness (QED) is 0.640. The van der Waals surface area contributed by atoms with Crippen LogP contribution in [0.4, 0.5) is 23.1 Å². The lowest BCUT2D eigenvalue weighted by Crippen LogP contribution is -2.42. The average molecular weight is 409 g/mol. The van der Waals surface area contributed by atoms with E-state index in [9.17, 15) is 9.59 Å². The Balaban J connectivity index is 1.48. The molecule has 1 saturated carbocycles. The maximum Gasteiger partial charge on any atom is 0.254 e. The van der Waals surface area contributed by atoms with E-state index in [1.807, 2.05) is 24.3 Å². The zero-order valence-electron chi connectivity index (χ0n) is 17.3. The molecule has 1 aliphatic carbocycles. The van der Waals surface area contributed by atoms with E-state index in [1.165, 1.54) is 6.20 Å². The Morgan fingerprint density at radius 1 is 1.17 bits per heavy atom. The molecule has 2 fully saturated rings. The van der Waals surface area contributed by atoms with Gasteiger partial charge in [-0.25, -0.2) is 4.98 Å². The lowest BCUT2D eigenvalue weighted by atomic mass is 10.2. The summed E-state index contributed by atoms with van der Waals surface area (Å²) in [5.41, 5.74) is 7.55. The molecule has 0 bridgehead atoms. The van der Waals surface area contributed by atoms with Gasteiger partial charge in [0.1, 0.15) is 11.9 Å². The van der Waals surface area contributed by atoms with Crippen molar-refractivity contribution in [3.63, 3.8) is 0 Å². The zero-order chi connectivity index (χ0) is 21.3. The van der Waals surface area contributed by atoms with Crippen molar-refractivity contribution in [3.05, 3.63) is 36.0 Å². The summed E-state index contributed by atoms with van der Waals surface area (Å²) in [5.74, 6) is 0.425. The van der Waals surface area contributed by atoms with Crippen LogP contribution in [0.1, 0.15) is 36.0 Å². The number of primary amides is 1. The van der Waals surface area contributed by atoms with Gasteiger partial charge in [-0.1, -0.05) is 0 Å². The summed E-state index contributed by atoms with van der Waals surface area (Å²) < 4.78 is 0. The number of hydrogen-bond acceptors (Lipinski definition) is 7. The zero-order valence-corrected chi connectivity index (χ0v) is 17.3. The van der Waals surface area contributed by atoms with Crippen LogP contribution in [0, 0.1) is 0 Å². The minimum atomic E-state index is -0.554. The first-order valence-electron chi connectivity index (χ1n) is 10.2. The summed E-state index contributed by atoms with van der Waals surface area (Å²) in [6, 6.07) is 8.08. The van der Waals surface area contributed by atoms with E-state index < -0.39 is 5.91 Å². The number of likely N-dealkylation sites (N-methyl/N-ethyl adjacent to an activating group) is 1. The molecular weight excluding hydrogens is 382 g/mol. The van der Waals surface area contributed by atoms with Crippen molar-refractivity contribution in [2.24, 2.45) is 5.73 Å². The van der Waals surface area contributed by atoms with Gasteiger partial charge in [-0.15, -0.1) is 0 Å². The molecule has 4 N–H and O–H groups in total. The first kappa shape index (κ1) is 19.9. The van der Waals surface area contributed by atoms with Gasteiger partial charge in [-0.2, -0.15) is 4.98 Å². The number of rotatable bonds is 7. The lowest BCUT2D eigenvalue weighted by molar-refractivity contribution is -0.129. The number of anilines is 4. The Morgan fingerprint density at radius 2 is 1.90 bits per heavy atom. The van der Waals surface area contributed by atoms with Crippen molar-refractivity contribution in [2.45, 2.75) is 37.8 Å². The fraction of sp³-hybridized carbons (Fsp3) is 0.429. The van der Waals surface area contributed by atoms with Crippen LogP contribution in [0.3, 0.4) is 0 Å². The third kappa shape index (κ3) is 4.29. The lowest BCUT2D eigenvalue weighted by Gasteiger charge is -2.28. The van der Waals surface area contributed by atoms with Gasteiger partial charge in [0.05, 0.1) is 5.56 Å². The van der Waals surface area contributed by atoms with Crippen LogP contribution in [0.15, 0.2) is 30.5 Å². The molecule has 30 heavy (non-hydrogen) atoms. The van der Waals surface area contributed by atoms with Crippen LogP contribution >= 0.6 is 0 Å². The largest absolute Gasteiger partial charge is 0.367 e. The standard InChI is InChI=1S/C21H27N7O2/c1-27(2)20(30)17-4-3-11-28(17)15-9-7-14(8-10-15)25-21-23-12-16(18(22)29)19(26-21)24-13-5-6-13/h7-10,12-13,17H,3-6,11H2,1-2H3,(H2,22,29)(H2,23,24,25,26). The van der Waals surface area contributed by atoms with E-state index in [-0.39, 0.29) is 17.5 Å². The van der Waals surface area contributed by atoms with Crippen molar-refractivity contribution in [2.75, 3.05) is 36.2 Å². The maximum absolute atomic E-state index is 12.4. The molecule has 2 aliphatic rings. The highest BCUT2D eigenvalue weighted by Crippen LogP contribution is 2.29. The number of nitrogens with two attached hydrogens (primary N) is 1. The van der Waals surface area contributed by atoms with Crippen molar-refractivity contribution < 1.29 is 9.59 Å². The number of nitrogens with one attached hydrogen (secondary N) is 2. The maximum atomic E-state index is 12.4. The second-order valence-corrected chi connectivity index (χ2v) is 7.99. The fourth-order valence-corrected chi connectivity index (χ4v) is 3.65. The van der Waals surface area contributed by atoms with Crippen LogP contribution in [0.2, 0.25) is 0 Å². The van der Waals surface area contributed by atoms with Crippen LogP contribution in [0.25, 0.3) is 0 Å². The number of benzene rings is 1. The van der Waals surface area contributed by atoms with E-state index in [2.05, 4.69) is 25.5 Å². The van der Waals surface area contributed by atoms with E-state index >= 15 is 0 Å². The van der Waals surface area contributed by atoms with Crippen LogP contribution in [-0.4, -0.2) is 59.4 Å². The highest BCUT2D eigenvalue weighted by Gasteiger charge is 2.31. The highest BCUT2D eigenvalue weighted by molar-refractivity contribution is 5.97. The predicted octanol–water partition coefficient (Wildman–Crippen LogP) is 1.95. The third-order valence-corrected chi connectivity index (χ3v) is 5.41. The minimum absolute atomic E-state index is 0.112. The Morgan fingerprint density at radius 3 is 2.53 bits per heavy atom. The minimum Gasteiger partial charge on any atom is -0.367 e. The number of hydrogen-bond donors (Lipinski definition) is 3. The van der Waals surface area contributed by atoms with E-state index in [4.69, 9.17) is 5.73 Å². The summed E-state index contributed by atoms with van der Waals surface area (Å²) in [6.07, 6.45) is 5.42.